The molecule has 0 N–H and O–H groups in total. The topological polar surface area (TPSA) is 105 Å². The van der Waals surface area contributed by atoms with Gasteiger partial charge >= 0.3 is 0 Å². The quantitative estimate of drug-likeness (QED) is 0.780. The van der Waals surface area contributed by atoms with Gasteiger partial charge in [0.15, 0.2) is 5.82 Å². The maximum Gasteiger partial charge on any atom is 0.257 e. The number of carbonyl (C=O) groups excluding carboxylic acids is 2. The summed E-state index contributed by atoms with van der Waals surface area (Å²) in [6, 6.07) is -0.0252. The average molecular weight is 358 g/mol. The Morgan fingerprint density at radius 1 is 1.35 bits per heavy atom. The van der Waals surface area contributed by atoms with Crippen LogP contribution in [0.1, 0.15) is 41.8 Å². The second-order valence-electron chi connectivity index (χ2n) is 6.37. The number of carbonyl (C=O) groups is 2. The van der Waals surface area contributed by atoms with Crippen LogP contribution in [0.5, 0.6) is 0 Å². The fraction of sp³-hybridized carbons (Fsp3) is 0.529. The predicted octanol–water partition coefficient (Wildman–Crippen LogP) is 0.864. The van der Waals surface area contributed by atoms with E-state index >= 15 is 0 Å². The first kappa shape index (κ1) is 18.0. The highest BCUT2D eigenvalue weighted by molar-refractivity contribution is 5.93. The Kier molecular flexibility index (Phi) is 5.55. The number of amides is 2. The van der Waals surface area contributed by atoms with Gasteiger partial charge in [-0.25, -0.2) is 9.97 Å². The third kappa shape index (κ3) is 4.22. The lowest BCUT2D eigenvalue weighted by molar-refractivity contribution is -0.132. The lowest BCUT2D eigenvalue weighted by Crippen LogP contribution is -2.51. The summed E-state index contributed by atoms with van der Waals surface area (Å²) in [5, 5.41) is 3.87. The van der Waals surface area contributed by atoms with Crippen LogP contribution in [-0.4, -0.2) is 67.4 Å². The van der Waals surface area contributed by atoms with E-state index in [2.05, 4.69) is 20.1 Å². The molecule has 0 bridgehead atoms. The lowest BCUT2D eigenvalue weighted by Gasteiger charge is -2.39. The molecule has 0 aromatic carbocycles. The highest BCUT2D eigenvalue weighted by Gasteiger charge is 2.30. The Bertz CT molecular complexity index is 763. The molecular formula is C17H22N6O3. The molecule has 1 fully saturated rings. The minimum Gasteiger partial charge on any atom is -0.340 e. The fourth-order valence-electron chi connectivity index (χ4n) is 3.25. The molecule has 2 aromatic heterocycles. The van der Waals surface area contributed by atoms with Gasteiger partial charge in [0.1, 0.15) is 6.33 Å². The van der Waals surface area contributed by atoms with Crippen molar-refractivity contribution in [1.29, 1.82) is 0 Å². The van der Waals surface area contributed by atoms with Gasteiger partial charge in [-0.05, 0) is 12.8 Å². The van der Waals surface area contributed by atoms with Crippen molar-refractivity contribution in [3.05, 3.63) is 36.0 Å². The van der Waals surface area contributed by atoms with Crippen molar-refractivity contribution in [2.45, 2.75) is 39.2 Å². The molecule has 0 spiro atoms. The molecule has 138 valence electrons. The van der Waals surface area contributed by atoms with E-state index in [0.29, 0.717) is 43.3 Å². The molecule has 3 heterocycles. The van der Waals surface area contributed by atoms with E-state index in [1.54, 1.807) is 23.6 Å². The van der Waals surface area contributed by atoms with Gasteiger partial charge in [0, 0.05) is 58.3 Å². The number of aryl methyl sites for hydroxylation is 1. The van der Waals surface area contributed by atoms with E-state index in [1.807, 2.05) is 0 Å². The van der Waals surface area contributed by atoms with E-state index in [4.69, 9.17) is 4.52 Å². The molecule has 0 aliphatic carbocycles. The highest BCUT2D eigenvalue weighted by Crippen LogP contribution is 2.18. The van der Waals surface area contributed by atoms with Crippen molar-refractivity contribution >= 4 is 11.8 Å². The van der Waals surface area contributed by atoms with Crippen LogP contribution in [0.15, 0.2) is 23.2 Å². The van der Waals surface area contributed by atoms with Gasteiger partial charge in [-0.1, -0.05) is 5.16 Å². The number of aromatic nitrogens is 4. The third-order valence-electron chi connectivity index (χ3n) is 4.48. The smallest absolute Gasteiger partial charge is 0.257 e. The summed E-state index contributed by atoms with van der Waals surface area (Å²) >= 11 is 0. The second-order valence-corrected chi connectivity index (χ2v) is 6.37. The molecule has 26 heavy (non-hydrogen) atoms. The zero-order chi connectivity index (χ0) is 18.5. The van der Waals surface area contributed by atoms with Gasteiger partial charge in [0.05, 0.1) is 5.56 Å². The Morgan fingerprint density at radius 2 is 2.12 bits per heavy atom. The van der Waals surface area contributed by atoms with Crippen LogP contribution in [0.2, 0.25) is 0 Å². The molecule has 2 aromatic rings. The summed E-state index contributed by atoms with van der Waals surface area (Å²) in [4.78, 5) is 40.3. The van der Waals surface area contributed by atoms with Crippen LogP contribution in [0, 0.1) is 6.92 Å². The first-order valence-electron chi connectivity index (χ1n) is 8.65. The summed E-state index contributed by atoms with van der Waals surface area (Å²) < 4.78 is 4.97. The molecule has 0 saturated carbocycles. The zero-order valence-corrected chi connectivity index (χ0v) is 15.0. The van der Waals surface area contributed by atoms with Gasteiger partial charge in [0.25, 0.3) is 5.91 Å². The Morgan fingerprint density at radius 3 is 2.77 bits per heavy atom. The minimum atomic E-state index is -0.104. The number of hydrogen-bond acceptors (Lipinski definition) is 7. The van der Waals surface area contributed by atoms with Crippen molar-refractivity contribution < 1.29 is 14.1 Å². The van der Waals surface area contributed by atoms with Crippen LogP contribution in [0.4, 0.5) is 0 Å². The van der Waals surface area contributed by atoms with Crippen molar-refractivity contribution in [2.24, 2.45) is 0 Å². The maximum atomic E-state index is 12.6. The molecular weight excluding hydrogens is 336 g/mol. The number of piperidine rings is 1. The average Bonchev–Trinajstić information content (AvgIpc) is 3.07. The van der Waals surface area contributed by atoms with E-state index in [9.17, 15) is 9.59 Å². The summed E-state index contributed by atoms with van der Waals surface area (Å²) in [7, 11) is 0. The standard InChI is InChI=1S/C17H22N6O3/c1-12-20-16(21-26-12)5-7-23(13(2)24)15-4-3-6-22(10-15)17(25)14-8-18-11-19-9-14/h8-9,11,15H,3-7,10H2,1-2H3. The van der Waals surface area contributed by atoms with E-state index in [-0.39, 0.29) is 17.9 Å². The SMILES string of the molecule is CC(=O)N(CCc1noc(C)n1)C1CCCN(C(=O)c2cncnc2)C1. The molecule has 2 amide bonds. The molecule has 0 radical (unpaired) electrons. The second kappa shape index (κ2) is 8.03. The van der Waals surface area contributed by atoms with Crippen LogP contribution in [0.3, 0.4) is 0 Å². The van der Waals surface area contributed by atoms with Gasteiger partial charge in [-0.15, -0.1) is 0 Å². The van der Waals surface area contributed by atoms with Gasteiger partial charge in [-0.3, -0.25) is 9.59 Å². The molecule has 1 aliphatic heterocycles. The summed E-state index contributed by atoms with van der Waals surface area (Å²) in [6.07, 6.45) is 6.65. The van der Waals surface area contributed by atoms with E-state index in [1.165, 1.54) is 18.7 Å². The molecule has 9 nitrogen and oxygen atoms in total. The lowest BCUT2D eigenvalue weighted by atomic mass is 10.0. The Balaban J connectivity index is 1.65. The first-order chi connectivity index (χ1) is 12.5. The summed E-state index contributed by atoms with van der Waals surface area (Å²) in [5.74, 6) is 0.966. The molecule has 1 saturated heterocycles. The molecule has 1 unspecified atom stereocenters. The largest absolute Gasteiger partial charge is 0.340 e. The van der Waals surface area contributed by atoms with Crippen molar-refractivity contribution in [3.8, 4) is 0 Å². The van der Waals surface area contributed by atoms with Crippen LogP contribution in [0.25, 0.3) is 0 Å². The van der Waals surface area contributed by atoms with E-state index < -0.39 is 0 Å². The molecule has 3 rings (SSSR count). The number of hydrogen-bond donors (Lipinski definition) is 0. The first-order valence-corrected chi connectivity index (χ1v) is 8.65. The molecule has 1 aliphatic rings. The maximum absolute atomic E-state index is 12.6. The monoisotopic (exact) mass is 358 g/mol. The van der Waals surface area contributed by atoms with Crippen LogP contribution < -0.4 is 0 Å². The predicted molar refractivity (Wildman–Crippen MR) is 91.1 cm³/mol. The molecule has 1 atom stereocenters. The summed E-state index contributed by atoms with van der Waals surface area (Å²) in [6.45, 7) is 4.94. The van der Waals surface area contributed by atoms with Gasteiger partial charge in [0.2, 0.25) is 11.8 Å². The van der Waals surface area contributed by atoms with Gasteiger partial charge < -0.3 is 14.3 Å². The van der Waals surface area contributed by atoms with E-state index in [0.717, 1.165) is 12.8 Å². The number of rotatable bonds is 5. The summed E-state index contributed by atoms with van der Waals surface area (Å²) in [5.41, 5.74) is 0.463. The van der Waals surface area contributed by atoms with Crippen molar-refractivity contribution in [1.82, 2.24) is 29.9 Å². The van der Waals surface area contributed by atoms with Crippen molar-refractivity contribution in [2.75, 3.05) is 19.6 Å². The minimum absolute atomic E-state index is 0.0208. The Labute approximate surface area is 151 Å². The van der Waals surface area contributed by atoms with Gasteiger partial charge in [-0.2, -0.15) is 4.98 Å². The third-order valence-corrected chi connectivity index (χ3v) is 4.48. The molecule has 9 heteroatoms. The fourth-order valence-corrected chi connectivity index (χ4v) is 3.25. The van der Waals surface area contributed by atoms with Crippen molar-refractivity contribution in [3.63, 3.8) is 0 Å². The Hall–Kier alpha value is -2.84. The number of likely N-dealkylation sites (tertiary alicyclic amines) is 1. The normalized spacial score (nSPS) is 17.2. The highest BCUT2D eigenvalue weighted by atomic mass is 16.5. The number of nitrogens with zero attached hydrogens (tertiary/aromatic N) is 6. The zero-order valence-electron chi connectivity index (χ0n) is 15.0. The van der Waals surface area contributed by atoms with Crippen LogP contribution in [-0.2, 0) is 11.2 Å². The van der Waals surface area contributed by atoms with Crippen LogP contribution >= 0.6 is 0 Å².